The topological polar surface area (TPSA) is 82.1 Å². The summed E-state index contributed by atoms with van der Waals surface area (Å²) in [6.45, 7) is 0.553. The maximum atomic E-state index is 11.4. The zero-order valence-electron chi connectivity index (χ0n) is 8.31. The van der Waals surface area contributed by atoms with E-state index >= 15 is 0 Å². The highest BCUT2D eigenvalue weighted by molar-refractivity contribution is 7.16. The molecule has 0 saturated carbocycles. The van der Waals surface area contributed by atoms with E-state index in [0.29, 0.717) is 0 Å². The predicted octanol–water partition coefficient (Wildman–Crippen LogP) is 1.00. The van der Waals surface area contributed by atoms with Crippen LogP contribution >= 0.6 is 11.3 Å². The van der Waals surface area contributed by atoms with Gasteiger partial charge in [0, 0.05) is 0 Å². The number of esters is 1. The van der Waals surface area contributed by atoms with Crippen molar-refractivity contribution in [1.29, 1.82) is 0 Å². The van der Waals surface area contributed by atoms with Gasteiger partial charge in [0.1, 0.15) is 13.2 Å². The third kappa shape index (κ3) is 1.58. The molecule has 0 atom stereocenters. The van der Waals surface area contributed by atoms with E-state index in [-0.39, 0.29) is 34.5 Å². The summed E-state index contributed by atoms with van der Waals surface area (Å²) in [4.78, 5) is 22.4. The molecule has 16 heavy (non-hydrogen) atoms. The number of methoxy groups -OCH3 is 1. The minimum atomic E-state index is -1.15. The van der Waals surface area contributed by atoms with E-state index in [1.807, 2.05) is 0 Å². The molecule has 0 fully saturated rings. The summed E-state index contributed by atoms with van der Waals surface area (Å²) < 4.78 is 15.0. The Bertz CT molecular complexity index is 449. The van der Waals surface area contributed by atoms with Crippen molar-refractivity contribution in [1.82, 2.24) is 0 Å². The summed E-state index contributed by atoms with van der Waals surface area (Å²) in [5.41, 5.74) is 0. The first-order chi connectivity index (χ1) is 7.65. The Morgan fingerprint density at radius 3 is 2.31 bits per heavy atom. The second kappa shape index (κ2) is 4.01. The summed E-state index contributed by atoms with van der Waals surface area (Å²) in [5, 5.41) is 8.93. The molecule has 1 N–H and O–H groups in total. The maximum absolute atomic E-state index is 11.4. The van der Waals surface area contributed by atoms with Crippen molar-refractivity contribution < 1.29 is 28.9 Å². The maximum Gasteiger partial charge on any atom is 0.352 e. The van der Waals surface area contributed by atoms with Gasteiger partial charge in [-0.25, -0.2) is 9.59 Å². The van der Waals surface area contributed by atoms with Crippen LogP contribution in [0.3, 0.4) is 0 Å². The van der Waals surface area contributed by atoms with Crippen molar-refractivity contribution >= 4 is 23.3 Å². The van der Waals surface area contributed by atoms with Crippen LogP contribution in [0.5, 0.6) is 11.5 Å². The van der Waals surface area contributed by atoms with E-state index in [2.05, 4.69) is 4.74 Å². The van der Waals surface area contributed by atoms with Crippen molar-refractivity contribution in [2.45, 2.75) is 0 Å². The smallest absolute Gasteiger partial charge is 0.352 e. The van der Waals surface area contributed by atoms with Crippen molar-refractivity contribution in [2.24, 2.45) is 0 Å². The summed E-state index contributed by atoms with van der Waals surface area (Å²) in [5.74, 6) is -1.49. The normalized spacial score (nSPS) is 13.3. The molecule has 0 unspecified atom stereocenters. The molecule has 0 aromatic carbocycles. The van der Waals surface area contributed by atoms with Crippen LogP contribution in [0, 0.1) is 0 Å². The summed E-state index contributed by atoms with van der Waals surface area (Å²) >= 11 is 0.792. The molecule has 0 spiro atoms. The van der Waals surface area contributed by atoms with Gasteiger partial charge in [-0.2, -0.15) is 0 Å². The van der Waals surface area contributed by atoms with Crippen LogP contribution in [-0.4, -0.2) is 37.4 Å². The second-order valence-electron chi connectivity index (χ2n) is 2.91. The van der Waals surface area contributed by atoms with Crippen molar-refractivity contribution in [3.05, 3.63) is 9.75 Å². The van der Waals surface area contributed by atoms with Gasteiger partial charge >= 0.3 is 11.9 Å². The second-order valence-corrected chi connectivity index (χ2v) is 3.93. The van der Waals surface area contributed by atoms with E-state index < -0.39 is 11.9 Å². The fourth-order valence-corrected chi connectivity index (χ4v) is 2.27. The Morgan fingerprint density at radius 1 is 1.25 bits per heavy atom. The Morgan fingerprint density at radius 2 is 1.81 bits per heavy atom. The first-order valence-electron chi connectivity index (χ1n) is 4.39. The molecule has 0 aliphatic carbocycles. The molecule has 1 aliphatic heterocycles. The first kappa shape index (κ1) is 10.7. The standard InChI is InChI=1S/C9H8O6S/c1-13-9(12)7-5-4(14-2-3-15-5)6(16-7)8(10)11/h2-3H2,1H3,(H,10,11). The summed E-state index contributed by atoms with van der Waals surface area (Å²) in [6.07, 6.45) is 0. The molecule has 1 aromatic heterocycles. The molecular weight excluding hydrogens is 236 g/mol. The molecule has 0 amide bonds. The number of aromatic carboxylic acids is 1. The van der Waals surface area contributed by atoms with E-state index in [1.165, 1.54) is 7.11 Å². The van der Waals surface area contributed by atoms with Gasteiger partial charge < -0.3 is 19.3 Å². The van der Waals surface area contributed by atoms with Gasteiger partial charge in [-0.05, 0) is 0 Å². The number of carbonyl (C=O) groups excluding carboxylic acids is 1. The third-order valence-corrected chi connectivity index (χ3v) is 3.08. The third-order valence-electron chi connectivity index (χ3n) is 1.96. The van der Waals surface area contributed by atoms with Crippen LogP contribution in [-0.2, 0) is 4.74 Å². The number of thiophene rings is 1. The van der Waals surface area contributed by atoms with Crippen molar-refractivity contribution in [2.75, 3.05) is 20.3 Å². The molecule has 86 valence electrons. The lowest BCUT2D eigenvalue weighted by Crippen LogP contribution is -2.17. The summed E-state index contributed by atoms with van der Waals surface area (Å²) in [7, 11) is 1.22. The van der Waals surface area contributed by atoms with Crippen molar-refractivity contribution in [3.63, 3.8) is 0 Å². The fourth-order valence-electron chi connectivity index (χ4n) is 1.32. The average Bonchev–Trinajstić information content (AvgIpc) is 2.67. The van der Waals surface area contributed by atoms with E-state index in [0.717, 1.165) is 11.3 Å². The lowest BCUT2D eigenvalue weighted by molar-refractivity contribution is 0.0595. The minimum Gasteiger partial charge on any atom is -0.484 e. The number of carbonyl (C=O) groups is 2. The van der Waals surface area contributed by atoms with Crippen LogP contribution in [0.25, 0.3) is 0 Å². The molecule has 7 heteroatoms. The quantitative estimate of drug-likeness (QED) is 0.781. The van der Waals surface area contributed by atoms with Gasteiger partial charge in [0.05, 0.1) is 7.11 Å². The highest BCUT2D eigenvalue weighted by Crippen LogP contribution is 2.44. The number of carboxylic acids is 1. The average molecular weight is 244 g/mol. The highest BCUT2D eigenvalue weighted by atomic mass is 32.1. The van der Waals surface area contributed by atoms with Crippen LogP contribution < -0.4 is 9.47 Å². The van der Waals surface area contributed by atoms with Gasteiger partial charge in [-0.3, -0.25) is 0 Å². The fraction of sp³-hybridized carbons (Fsp3) is 0.333. The zero-order valence-corrected chi connectivity index (χ0v) is 9.13. The van der Waals surface area contributed by atoms with Crippen LogP contribution in [0.15, 0.2) is 0 Å². The van der Waals surface area contributed by atoms with Crippen LogP contribution in [0.1, 0.15) is 19.3 Å². The number of hydrogen-bond acceptors (Lipinski definition) is 6. The monoisotopic (exact) mass is 244 g/mol. The van der Waals surface area contributed by atoms with Crippen LogP contribution in [0.2, 0.25) is 0 Å². The van der Waals surface area contributed by atoms with Gasteiger partial charge in [0.25, 0.3) is 0 Å². The van der Waals surface area contributed by atoms with Crippen LogP contribution in [0.4, 0.5) is 0 Å². The SMILES string of the molecule is COC(=O)c1sc(C(=O)O)c2c1OCCO2. The molecule has 0 saturated heterocycles. The predicted molar refractivity (Wildman–Crippen MR) is 53.6 cm³/mol. The number of hydrogen-bond donors (Lipinski definition) is 1. The Balaban J connectivity index is 2.54. The van der Waals surface area contributed by atoms with Gasteiger partial charge in [-0.1, -0.05) is 0 Å². The lowest BCUT2D eigenvalue weighted by atomic mass is 10.3. The lowest BCUT2D eigenvalue weighted by Gasteiger charge is -2.15. The zero-order chi connectivity index (χ0) is 11.7. The van der Waals surface area contributed by atoms with Gasteiger partial charge in [0.2, 0.25) is 0 Å². The Hall–Kier alpha value is -1.76. The molecular formula is C9H8O6S. The number of carboxylic acid groups (broad SMARTS) is 1. The van der Waals surface area contributed by atoms with Gasteiger partial charge in [0.15, 0.2) is 21.3 Å². The molecule has 0 radical (unpaired) electrons. The molecule has 1 aromatic rings. The Labute approximate surface area is 94.3 Å². The molecule has 2 rings (SSSR count). The Kier molecular flexibility index (Phi) is 2.69. The van der Waals surface area contributed by atoms with E-state index in [9.17, 15) is 9.59 Å². The van der Waals surface area contributed by atoms with Crippen molar-refractivity contribution in [3.8, 4) is 11.5 Å². The highest BCUT2D eigenvalue weighted by Gasteiger charge is 2.31. The minimum absolute atomic E-state index is 0.0462. The van der Waals surface area contributed by atoms with Gasteiger partial charge in [-0.15, -0.1) is 11.3 Å². The number of rotatable bonds is 2. The summed E-state index contributed by atoms with van der Waals surface area (Å²) in [6, 6.07) is 0. The van der Waals surface area contributed by atoms with E-state index in [4.69, 9.17) is 14.6 Å². The molecule has 2 heterocycles. The molecule has 0 bridgehead atoms. The van der Waals surface area contributed by atoms with E-state index in [1.54, 1.807) is 0 Å². The molecule has 1 aliphatic rings. The largest absolute Gasteiger partial charge is 0.484 e. The first-order valence-corrected chi connectivity index (χ1v) is 5.20. The number of fused-ring (bicyclic) bond motifs is 1. The molecule has 6 nitrogen and oxygen atoms in total. The number of ether oxygens (including phenoxy) is 3.